The van der Waals surface area contributed by atoms with Crippen LogP contribution in [-0.4, -0.2) is 23.7 Å². The van der Waals surface area contributed by atoms with Gasteiger partial charge in [0.1, 0.15) is 5.82 Å². The fourth-order valence-corrected chi connectivity index (χ4v) is 2.53. The lowest BCUT2D eigenvalue weighted by molar-refractivity contribution is -0.141. The largest absolute Gasteiger partial charge is 0.481 e. The number of hydrogen-bond donors (Lipinski definition) is 3. The van der Waals surface area contributed by atoms with E-state index in [1.54, 1.807) is 12.1 Å². The first-order chi connectivity index (χ1) is 9.99. The third-order valence-electron chi connectivity index (χ3n) is 3.93. The summed E-state index contributed by atoms with van der Waals surface area (Å²) in [4.78, 5) is 22.5. The number of hydrogen-bond acceptors (Lipinski definition) is 2. The second kappa shape index (κ2) is 6.56. The van der Waals surface area contributed by atoms with Crippen LogP contribution in [0.3, 0.4) is 0 Å². The summed E-state index contributed by atoms with van der Waals surface area (Å²) < 4.78 is 12.7. The number of nitrogens with one attached hydrogen (secondary N) is 2. The minimum atomic E-state index is -0.830. The van der Waals surface area contributed by atoms with Crippen LogP contribution >= 0.6 is 0 Å². The average Bonchev–Trinajstić information content (AvgIpc) is 2.40. The van der Waals surface area contributed by atoms with Gasteiger partial charge < -0.3 is 15.7 Å². The first-order valence-corrected chi connectivity index (χ1v) is 6.97. The van der Waals surface area contributed by atoms with Gasteiger partial charge in [-0.15, -0.1) is 0 Å². The molecule has 0 aromatic heterocycles. The molecule has 1 saturated carbocycles. The molecule has 1 aromatic rings. The Morgan fingerprint density at radius 1 is 1.19 bits per heavy atom. The number of carboxylic acids is 1. The third-order valence-corrected chi connectivity index (χ3v) is 3.93. The normalized spacial score (nSPS) is 15.9. The van der Waals surface area contributed by atoms with Gasteiger partial charge in [0.05, 0.1) is 6.42 Å². The van der Waals surface area contributed by atoms with Crippen molar-refractivity contribution in [2.75, 3.05) is 6.54 Å². The standard InChI is InChI=1S/C15H19FN2O3/c16-12-4-2-11(3-5-12)9-17-14(21)18-10-15(6-1-7-15)8-13(19)20/h2-5H,1,6-10H2,(H,19,20)(H2,17,18,21). The average molecular weight is 294 g/mol. The molecule has 114 valence electrons. The molecular weight excluding hydrogens is 275 g/mol. The van der Waals surface area contributed by atoms with Gasteiger partial charge in [-0.1, -0.05) is 18.6 Å². The minimum Gasteiger partial charge on any atom is -0.481 e. The first kappa shape index (κ1) is 15.3. The molecule has 1 aliphatic rings. The fraction of sp³-hybridized carbons (Fsp3) is 0.467. The third kappa shape index (κ3) is 4.44. The van der Waals surface area contributed by atoms with Crippen molar-refractivity contribution >= 4 is 12.0 Å². The smallest absolute Gasteiger partial charge is 0.315 e. The summed E-state index contributed by atoms with van der Waals surface area (Å²) in [5, 5.41) is 14.3. The minimum absolute atomic E-state index is 0.0885. The highest BCUT2D eigenvalue weighted by Gasteiger charge is 2.39. The number of aliphatic carboxylic acids is 1. The lowest BCUT2D eigenvalue weighted by Crippen LogP contribution is -2.46. The molecule has 3 N–H and O–H groups in total. The molecule has 0 spiro atoms. The molecule has 2 rings (SSSR count). The number of carboxylic acid groups (broad SMARTS) is 1. The second-order valence-electron chi connectivity index (χ2n) is 5.59. The van der Waals surface area contributed by atoms with Crippen molar-refractivity contribution in [3.05, 3.63) is 35.6 Å². The summed E-state index contributed by atoms with van der Waals surface area (Å²) in [6.07, 6.45) is 2.76. The monoisotopic (exact) mass is 294 g/mol. The number of amides is 2. The molecule has 6 heteroatoms. The molecule has 0 bridgehead atoms. The molecule has 0 aliphatic heterocycles. The summed E-state index contributed by atoms with van der Waals surface area (Å²) in [7, 11) is 0. The van der Waals surface area contributed by atoms with Crippen molar-refractivity contribution in [3.63, 3.8) is 0 Å². The first-order valence-electron chi connectivity index (χ1n) is 6.97. The number of urea groups is 1. The Morgan fingerprint density at radius 3 is 2.38 bits per heavy atom. The van der Waals surface area contributed by atoms with Crippen LogP contribution in [0.1, 0.15) is 31.2 Å². The highest BCUT2D eigenvalue weighted by Crippen LogP contribution is 2.43. The summed E-state index contributed by atoms with van der Waals surface area (Å²) >= 11 is 0. The molecule has 0 unspecified atom stereocenters. The van der Waals surface area contributed by atoms with Crippen LogP contribution < -0.4 is 10.6 Å². The van der Waals surface area contributed by atoms with Crippen LogP contribution in [-0.2, 0) is 11.3 Å². The van der Waals surface area contributed by atoms with E-state index >= 15 is 0 Å². The van der Waals surface area contributed by atoms with E-state index in [9.17, 15) is 14.0 Å². The highest BCUT2D eigenvalue weighted by molar-refractivity contribution is 5.74. The van der Waals surface area contributed by atoms with Gasteiger partial charge in [-0.2, -0.15) is 0 Å². The number of benzene rings is 1. The Bertz CT molecular complexity index is 512. The Hall–Kier alpha value is -2.11. The molecule has 0 saturated heterocycles. The maximum absolute atomic E-state index is 12.7. The zero-order valence-electron chi connectivity index (χ0n) is 11.7. The molecule has 1 aromatic carbocycles. The predicted octanol–water partition coefficient (Wildman–Crippen LogP) is 2.27. The zero-order chi connectivity index (χ0) is 15.3. The van der Waals surface area contributed by atoms with E-state index < -0.39 is 5.97 Å². The molecule has 2 amide bonds. The highest BCUT2D eigenvalue weighted by atomic mass is 19.1. The number of halogens is 1. The van der Waals surface area contributed by atoms with Crippen LogP contribution in [0.15, 0.2) is 24.3 Å². The van der Waals surface area contributed by atoms with E-state index in [0.29, 0.717) is 13.1 Å². The maximum atomic E-state index is 12.7. The quantitative estimate of drug-likeness (QED) is 0.753. The van der Waals surface area contributed by atoms with Gasteiger partial charge >= 0.3 is 12.0 Å². The number of carbonyl (C=O) groups excluding carboxylic acids is 1. The van der Waals surface area contributed by atoms with Crippen molar-refractivity contribution in [1.29, 1.82) is 0 Å². The van der Waals surface area contributed by atoms with E-state index in [0.717, 1.165) is 24.8 Å². The van der Waals surface area contributed by atoms with E-state index in [4.69, 9.17) is 5.11 Å². The summed E-state index contributed by atoms with van der Waals surface area (Å²) in [6.45, 7) is 0.673. The van der Waals surface area contributed by atoms with E-state index in [1.165, 1.54) is 12.1 Å². The molecule has 0 radical (unpaired) electrons. The Labute approximate surface area is 122 Å². The molecule has 0 atom stereocenters. The maximum Gasteiger partial charge on any atom is 0.315 e. The summed E-state index contributed by atoms with van der Waals surface area (Å²) in [6, 6.07) is 5.55. The van der Waals surface area contributed by atoms with Gasteiger partial charge in [-0.3, -0.25) is 4.79 Å². The van der Waals surface area contributed by atoms with E-state index in [-0.39, 0.29) is 23.7 Å². The molecule has 1 fully saturated rings. The van der Waals surface area contributed by atoms with Crippen LogP contribution in [0, 0.1) is 11.2 Å². The van der Waals surface area contributed by atoms with Gasteiger partial charge in [0, 0.05) is 13.1 Å². The van der Waals surface area contributed by atoms with Crippen LogP contribution in [0.5, 0.6) is 0 Å². The fourth-order valence-electron chi connectivity index (χ4n) is 2.53. The van der Waals surface area contributed by atoms with Crippen LogP contribution in [0.25, 0.3) is 0 Å². The molecule has 21 heavy (non-hydrogen) atoms. The number of carbonyl (C=O) groups is 2. The van der Waals surface area contributed by atoms with Gasteiger partial charge in [0.15, 0.2) is 0 Å². The lowest BCUT2D eigenvalue weighted by atomic mass is 9.66. The zero-order valence-corrected chi connectivity index (χ0v) is 11.7. The van der Waals surface area contributed by atoms with Crippen molar-refractivity contribution in [3.8, 4) is 0 Å². The van der Waals surface area contributed by atoms with Crippen molar-refractivity contribution in [1.82, 2.24) is 10.6 Å². The van der Waals surface area contributed by atoms with Gasteiger partial charge in [0.25, 0.3) is 0 Å². The summed E-state index contributed by atoms with van der Waals surface area (Å²) in [5.74, 6) is -1.15. The predicted molar refractivity (Wildman–Crippen MR) is 75.2 cm³/mol. The van der Waals surface area contributed by atoms with Crippen LogP contribution in [0.4, 0.5) is 9.18 Å². The van der Waals surface area contributed by atoms with Gasteiger partial charge in [-0.05, 0) is 36.0 Å². The SMILES string of the molecule is O=C(O)CC1(CNC(=O)NCc2ccc(F)cc2)CCC1. The van der Waals surface area contributed by atoms with Crippen LogP contribution in [0.2, 0.25) is 0 Å². The summed E-state index contributed by atoms with van der Waals surface area (Å²) in [5.41, 5.74) is 0.509. The Morgan fingerprint density at radius 2 is 1.86 bits per heavy atom. The topological polar surface area (TPSA) is 78.4 Å². The molecule has 1 aliphatic carbocycles. The van der Waals surface area contributed by atoms with Gasteiger partial charge in [0.2, 0.25) is 0 Å². The lowest BCUT2D eigenvalue weighted by Gasteiger charge is -2.40. The molecule has 5 nitrogen and oxygen atoms in total. The van der Waals surface area contributed by atoms with Crippen molar-refractivity contribution < 1.29 is 19.1 Å². The molecule has 0 heterocycles. The number of rotatable bonds is 6. The van der Waals surface area contributed by atoms with E-state index in [2.05, 4.69) is 10.6 Å². The Kier molecular flexibility index (Phi) is 4.77. The van der Waals surface area contributed by atoms with Crippen molar-refractivity contribution in [2.24, 2.45) is 5.41 Å². The van der Waals surface area contributed by atoms with Crippen molar-refractivity contribution in [2.45, 2.75) is 32.2 Å². The second-order valence-corrected chi connectivity index (χ2v) is 5.59. The Balaban J connectivity index is 1.74. The molecular formula is C15H19FN2O3. The van der Waals surface area contributed by atoms with Gasteiger partial charge in [-0.25, -0.2) is 9.18 Å². The van der Waals surface area contributed by atoms with E-state index in [1.807, 2.05) is 0 Å².